The molecule has 0 amide bonds. The SMILES string of the molecule is O=S(=O)(NC[C@@H](O)c1cccc(C(F)(F)F)c1)c1cnc[nH]1. The van der Waals surface area contributed by atoms with Crippen LogP contribution in [0.3, 0.4) is 0 Å². The molecule has 1 heterocycles. The molecular formula is C12H12F3N3O3S. The molecule has 0 saturated heterocycles. The van der Waals surface area contributed by atoms with Crippen LogP contribution >= 0.6 is 0 Å². The van der Waals surface area contributed by atoms with E-state index in [0.717, 1.165) is 30.7 Å². The average Bonchev–Trinajstić information content (AvgIpc) is 2.99. The third-order valence-electron chi connectivity index (χ3n) is 2.83. The van der Waals surface area contributed by atoms with Gasteiger partial charge in [0.05, 0.1) is 24.2 Å². The number of hydrogen-bond donors (Lipinski definition) is 3. The number of alkyl halides is 3. The van der Waals surface area contributed by atoms with E-state index in [1.54, 1.807) is 0 Å². The highest BCUT2D eigenvalue weighted by molar-refractivity contribution is 7.89. The molecule has 0 saturated carbocycles. The van der Waals surface area contributed by atoms with Gasteiger partial charge in [-0.15, -0.1) is 0 Å². The van der Waals surface area contributed by atoms with Crippen molar-refractivity contribution in [3.8, 4) is 0 Å². The molecule has 10 heteroatoms. The number of aliphatic hydroxyl groups is 1. The standard InChI is InChI=1S/C12H12F3N3O3S/c13-12(14,15)9-3-1-2-8(4-9)10(19)5-18-22(20,21)11-6-16-7-17-11/h1-4,6-7,10,18-19H,5H2,(H,16,17)/t10-/m1/s1. The number of sulfonamides is 1. The Morgan fingerprint density at radius 3 is 2.68 bits per heavy atom. The van der Waals surface area contributed by atoms with E-state index in [-0.39, 0.29) is 10.6 Å². The van der Waals surface area contributed by atoms with Crippen molar-refractivity contribution in [3.05, 3.63) is 47.9 Å². The summed E-state index contributed by atoms with van der Waals surface area (Å²) in [5.41, 5.74) is -0.956. The van der Waals surface area contributed by atoms with Crippen molar-refractivity contribution in [2.45, 2.75) is 17.3 Å². The highest BCUT2D eigenvalue weighted by Gasteiger charge is 2.31. The third-order valence-corrected chi connectivity index (χ3v) is 4.18. The number of aromatic nitrogens is 2. The summed E-state index contributed by atoms with van der Waals surface area (Å²) in [6, 6.07) is 4.06. The number of nitrogens with zero attached hydrogens (tertiary/aromatic N) is 1. The van der Waals surface area contributed by atoms with Crippen molar-refractivity contribution in [2.24, 2.45) is 0 Å². The minimum Gasteiger partial charge on any atom is -0.387 e. The molecule has 0 aliphatic rings. The van der Waals surface area contributed by atoms with E-state index in [1.807, 2.05) is 0 Å². The van der Waals surface area contributed by atoms with Gasteiger partial charge >= 0.3 is 6.18 Å². The van der Waals surface area contributed by atoms with E-state index < -0.39 is 34.4 Å². The van der Waals surface area contributed by atoms with Crippen LogP contribution in [0.5, 0.6) is 0 Å². The first-order valence-corrected chi connectivity index (χ1v) is 7.52. The highest BCUT2D eigenvalue weighted by atomic mass is 32.2. The number of nitrogens with one attached hydrogen (secondary N) is 2. The molecule has 0 aliphatic heterocycles. The molecule has 0 aliphatic carbocycles. The van der Waals surface area contributed by atoms with Gasteiger partial charge in [-0.3, -0.25) is 0 Å². The summed E-state index contributed by atoms with van der Waals surface area (Å²) < 4.78 is 63.4. The summed E-state index contributed by atoms with van der Waals surface area (Å²) in [5.74, 6) is 0. The maximum atomic E-state index is 12.6. The van der Waals surface area contributed by atoms with Gasteiger partial charge in [-0.05, 0) is 17.7 Å². The molecule has 22 heavy (non-hydrogen) atoms. The van der Waals surface area contributed by atoms with E-state index in [1.165, 1.54) is 6.07 Å². The van der Waals surface area contributed by atoms with Gasteiger partial charge in [0.2, 0.25) is 0 Å². The zero-order chi connectivity index (χ0) is 16.4. The van der Waals surface area contributed by atoms with Crippen LogP contribution in [0.4, 0.5) is 13.2 Å². The van der Waals surface area contributed by atoms with E-state index in [2.05, 4.69) is 14.7 Å². The molecule has 0 unspecified atom stereocenters. The van der Waals surface area contributed by atoms with Crippen LogP contribution in [0.1, 0.15) is 17.2 Å². The lowest BCUT2D eigenvalue weighted by Gasteiger charge is -2.14. The molecule has 1 aromatic heterocycles. The van der Waals surface area contributed by atoms with Crippen LogP contribution in [0.25, 0.3) is 0 Å². The minimum absolute atomic E-state index is 0.0397. The van der Waals surface area contributed by atoms with Gasteiger partial charge in [0.25, 0.3) is 10.0 Å². The predicted octanol–water partition coefficient (Wildman–Crippen LogP) is 1.44. The summed E-state index contributed by atoms with van der Waals surface area (Å²) >= 11 is 0. The van der Waals surface area contributed by atoms with Crippen LogP contribution < -0.4 is 4.72 Å². The van der Waals surface area contributed by atoms with Gasteiger partial charge in [-0.1, -0.05) is 12.1 Å². The van der Waals surface area contributed by atoms with Crippen molar-refractivity contribution >= 4 is 10.0 Å². The quantitative estimate of drug-likeness (QED) is 0.770. The molecular weight excluding hydrogens is 323 g/mol. The Hall–Kier alpha value is -1.91. The summed E-state index contributed by atoms with van der Waals surface area (Å²) in [6.45, 7) is -0.470. The van der Waals surface area contributed by atoms with Crippen molar-refractivity contribution in [2.75, 3.05) is 6.54 Å². The lowest BCUT2D eigenvalue weighted by Crippen LogP contribution is -2.28. The van der Waals surface area contributed by atoms with Crippen LogP contribution in [-0.4, -0.2) is 30.0 Å². The molecule has 1 aromatic carbocycles. The number of H-pyrrole nitrogens is 1. The van der Waals surface area contributed by atoms with Crippen molar-refractivity contribution in [1.82, 2.24) is 14.7 Å². The molecule has 3 N–H and O–H groups in total. The van der Waals surface area contributed by atoms with Crippen LogP contribution in [0, 0.1) is 0 Å². The van der Waals surface area contributed by atoms with E-state index in [9.17, 15) is 26.7 Å². The smallest absolute Gasteiger partial charge is 0.387 e. The first-order chi connectivity index (χ1) is 10.2. The normalized spacial score (nSPS) is 14.0. The number of halogens is 3. The molecule has 0 spiro atoms. The van der Waals surface area contributed by atoms with Gasteiger partial charge in [-0.2, -0.15) is 13.2 Å². The van der Waals surface area contributed by atoms with Crippen LogP contribution in [0.15, 0.2) is 41.8 Å². The lowest BCUT2D eigenvalue weighted by molar-refractivity contribution is -0.137. The van der Waals surface area contributed by atoms with E-state index >= 15 is 0 Å². The number of aromatic amines is 1. The predicted molar refractivity (Wildman–Crippen MR) is 70.2 cm³/mol. The Morgan fingerprint density at radius 2 is 2.09 bits per heavy atom. The van der Waals surface area contributed by atoms with Gasteiger partial charge in [-0.25, -0.2) is 18.1 Å². The van der Waals surface area contributed by atoms with Crippen LogP contribution in [-0.2, 0) is 16.2 Å². The summed E-state index contributed by atoms with van der Waals surface area (Å²) in [5, 5.41) is 9.65. The topological polar surface area (TPSA) is 95.1 Å². The monoisotopic (exact) mass is 335 g/mol. The highest BCUT2D eigenvalue weighted by Crippen LogP contribution is 2.30. The molecule has 120 valence electrons. The maximum absolute atomic E-state index is 12.6. The first kappa shape index (κ1) is 16.5. The molecule has 0 bridgehead atoms. The van der Waals surface area contributed by atoms with Gasteiger partial charge in [0.1, 0.15) is 0 Å². The molecule has 2 aromatic rings. The fourth-order valence-corrected chi connectivity index (χ4v) is 2.64. The second-order valence-electron chi connectivity index (χ2n) is 4.41. The Morgan fingerprint density at radius 1 is 1.36 bits per heavy atom. The van der Waals surface area contributed by atoms with Crippen molar-refractivity contribution in [1.29, 1.82) is 0 Å². The fourth-order valence-electron chi connectivity index (χ4n) is 1.70. The lowest BCUT2D eigenvalue weighted by atomic mass is 10.1. The second-order valence-corrected chi connectivity index (χ2v) is 6.14. The first-order valence-electron chi connectivity index (χ1n) is 6.03. The Bertz CT molecular complexity index is 730. The van der Waals surface area contributed by atoms with Crippen molar-refractivity contribution < 1.29 is 26.7 Å². The Kier molecular flexibility index (Phi) is 4.54. The zero-order valence-electron chi connectivity index (χ0n) is 11.0. The van der Waals surface area contributed by atoms with Crippen LogP contribution in [0.2, 0.25) is 0 Å². The zero-order valence-corrected chi connectivity index (χ0v) is 11.8. The van der Waals surface area contributed by atoms with E-state index in [4.69, 9.17) is 0 Å². The van der Waals surface area contributed by atoms with Gasteiger partial charge in [0, 0.05) is 6.54 Å². The molecule has 2 rings (SSSR count). The van der Waals surface area contributed by atoms with E-state index in [0.29, 0.717) is 0 Å². The maximum Gasteiger partial charge on any atom is 0.416 e. The number of rotatable bonds is 5. The Balaban J connectivity index is 2.09. The summed E-state index contributed by atoms with van der Waals surface area (Å²) in [7, 11) is -3.91. The van der Waals surface area contributed by atoms with Crippen molar-refractivity contribution in [3.63, 3.8) is 0 Å². The number of aliphatic hydroxyl groups excluding tert-OH is 1. The van der Waals surface area contributed by atoms with Gasteiger partial charge in [0.15, 0.2) is 5.03 Å². The molecule has 6 nitrogen and oxygen atoms in total. The van der Waals surface area contributed by atoms with Gasteiger partial charge < -0.3 is 10.1 Å². The second kappa shape index (κ2) is 6.07. The number of imidazole rings is 1. The number of hydrogen-bond acceptors (Lipinski definition) is 4. The molecule has 0 radical (unpaired) electrons. The average molecular weight is 335 g/mol. The third kappa shape index (κ3) is 3.84. The minimum atomic E-state index is -4.54. The number of benzene rings is 1. The molecule has 0 fully saturated rings. The molecule has 1 atom stereocenters. The summed E-state index contributed by atoms with van der Waals surface area (Å²) in [4.78, 5) is 5.93. The fraction of sp³-hybridized carbons (Fsp3) is 0.250. The summed E-state index contributed by atoms with van der Waals surface area (Å²) in [6.07, 6.45) is -3.72. The largest absolute Gasteiger partial charge is 0.416 e. The Labute approximate surface area is 124 Å².